The molecule has 2 heterocycles. The number of pyridine rings is 1. The van der Waals surface area contributed by atoms with Gasteiger partial charge in [0.15, 0.2) is 0 Å². The lowest BCUT2D eigenvalue weighted by atomic mass is 9.98. The second-order valence-electron chi connectivity index (χ2n) is 5.54. The predicted molar refractivity (Wildman–Crippen MR) is 83.5 cm³/mol. The number of anilines is 1. The molecule has 1 fully saturated rings. The zero-order chi connectivity index (χ0) is 15.1. The minimum absolute atomic E-state index is 0.0718. The van der Waals surface area contributed by atoms with Crippen molar-refractivity contribution in [3.63, 3.8) is 0 Å². The van der Waals surface area contributed by atoms with E-state index in [1.807, 2.05) is 17.0 Å². The molecule has 5 nitrogen and oxygen atoms in total. The number of carbonyl (C=O) groups excluding carboxylic acids is 1. The highest BCUT2D eigenvalue weighted by atomic mass is 16.5. The summed E-state index contributed by atoms with van der Waals surface area (Å²) in [7, 11) is 1.72. The van der Waals surface area contributed by atoms with Gasteiger partial charge in [-0.25, -0.2) is 4.98 Å². The van der Waals surface area contributed by atoms with Crippen molar-refractivity contribution >= 4 is 11.7 Å². The molecular weight excluding hydrogens is 266 g/mol. The Labute approximate surface area is 126 Å². The zero-order valence-corrected chi connectivity index (χ0v) is 13.0. The van der Waals surface area contributed by atoms with Crippen LogP contribution in [0.15, 0.2) is 18.3 Å². The summed E-state index contributed by atoms with van der Waals surface area (Å²) in [6.45, 7) is 5.23. The number of amides is 1. The Morgan fingerprint density at radius 2 is 2.43 bits per heavy atom. The van der Waals surface area contributed by atoms with Gasteiger partial charge < -0.3 is 15.0 Å². The van der Waals surface area contributed by atoms with Gasteiger partial charge in [-0.2, -0.15) is 0 Å². The van der Waals surface area contributed by atoms with Gasteiger partial charge in [0.2, 0.25) is 0 Å². The maximum Gasteiger partial charge on any atom is 0.257 e. The number of carbonyl (C=O) groups is 1. The van der Waals surface area contributed by atoms with Crippen molar-refractivity contribution < 1.29 is 9.53 Å². The van der Waals surface area contributed by atoms with E-state index in [-0.39, 0.29) is 5.91 Å². The molecule has 1 aliphatic heterocycles. The fourth-order valence-corrected chi connectivity index (χ4v) is 2.75. The molecule has 0 bridgehead atoms. The van der Waals surface area contributed by atoms with Gasteiger partial charge in [0.25, 0.3) is 5.91 Å². The van der Waals surface area contributed by atoms with Gasteiger partial charge in [-0.3, -0.25) is 4.79 Å². The third-order valence-electron chi connectivity index (χ3n) is 3.79. The highest BCUT2D eigenvalue weighted by Crippen LogP contribution is 2.21. The Morgan fingerprint density at radius 3 is 3.19 bits per heavy atom. The highest BCUT2D eigenvalue weighted by Gasteiger charge is 2.26. The van der Waals surface area contributed by atoms with Gasteiger partial charge in [-0.05, 0) is 37.3 Å². The van der Waals surface area contributed by atoms with Crippen LogP contribution in [0.2, 0.25) is 0 Å². The molecule has 1 amide bonds. The molecule has 1 aliphatic rings. The molecule has 116 valence electrons. The standard InChI is InChI=1S/C16H25N3O2/c1-3-8-17-15-14(7-4-9-18-15)16(20)19-10-5-6-13(11-19)12-21-2/h4,7,9,13H,3,5-6,8,10-12H2,1-2H3,(H,17,18). The molecule has 1 saturated heterocycles. The molecule has 1 aromatic rings. The van der Waals surface area contributed by atoms with E-state index in [9.17, 15) is 4.79 Å². The molecule has 2 rings (SSSR count). The van der Waals surface area contributed by atoms with Gasteiger partial charge in [0, 0.05) is 32.9 Å². The Bertz CT molecular complexity index is 463. The van der Waals surface area contributed by atoms with E-state index in [4.69, 9.17) is 4.74 Å². The van der Waals surface area contributed by atoms with Crippen molar-refractivity contribution in [2.24, 2.45) is 5.92 Å². The van der Waals surface area contributed by atoms with Crippen LogP contribution >= 0.6 is 0 Å². The van der Waals surface area contributed by atoms with Crippen molar-refractivity contribution in [3.05, 3.63) is 23.9 Å². The van der Waals surface area contributed by atoms with Gasteiger partial charge in [0.1, 0.15) is 5.82 Å². The van der Waals surface area contributed by atoms with E-state index < -0.39 is 0 Å². The number of aromatic nitrogens is 1. The topological polar surface area (TPSA) is 54.5 Å². The lowest BCUT2D eigenvalue weighted by Gasteiger charge is -2.32. The number of hydrogen-bond donors (Lipinski definition) is 1. The zero-order valence-electron chi connectivity index (χ0n) is 13.0. The first-order valence-electron chi connectivity index (χ1n) is 7.73. The van der Waals surface area contributed by atoms with E-state index in [1.165, 1.54) is 0 Å². The molecule has 0 aromatic carbocycles. The summed E-state index contributed by atoms with van der Waals surface area (Å²) in [5.41, 5.74) is 0.670. The van der Waals surface area contributed by atoms with E-state index >= 15 is 0 Å². The first-order valence-corrected chi connectivity index (χ1v) is 7.73. The number of piperidine rings is 1. The molecule has 5 heteroatoms. The van der Waals surface area contributed by atoms with Gasteiger partial charge in [-0.15, -0.1) is 0 Å². The fraction of sp³-hybridized carbons (Fsp3) is 0.625. The molecule has 0 radical (unpaired) electrons. The van der Waals surface area contributed by atoms with E-state index in [0.29, 0.717) is 17.3 Å². The summed E-state index contributed by atoms with van der Waals surface area (Å²) < 4.78 is 5.23. The first-order chi connectivity index (χ1) is 10.3. The second-order valence-corrected chi connectivity index (χ2v) is 5.54. The lowest BCUT2D eigenvalue weighted by molar-refractivity contribution is 0.0571. The van der Waals surface area contributed by atoms with Crippen LogP contribution in [0.25, 0.3) is 0 Å². The van der Waals surface area contributed by atoms with Crippen LogP contribution in [0.1, 0.15) is 36.5 Å². The molecule has 21 heavy (non-hydrogen) atoms. The van der Waals surface area contributed by atoms with Gasteiger partial charge in [-0.1, -0.05) is 6.92 Å². The average Bonchev–Trinajstić information content (AvgIpc) is 2.53. The number of methoxy groups -OCH3 is 1. The van der Waals surface area contributed by atoms with Crippen molar-refractivity contribution in [2.45, 2.75) is 26.2 Å². The number of rotatable bonds is 6. The van der Waals surface area contributed by atoms with Crippen LogP contribution < -0.4 is 5.32 Å². The predicted octanol–water partition coefficient (Wildman–Crippen LogP) is 2.40. The quantitative estimate of drug-likeness (QED) is 0.874. The number of ether oxygens (including phenoxy) is 1. The van der Waals surface area contributed by atoms with Crippen LogP contribution in [-0.2, 0) is 4.74 Å². The molecule has 1 unspecified atom stereocenters. The van der Waals surface area contributed by atoms with Gasteiger partial charge in [0.05, 0.1) is 12.2 Å². The molecule has 0 aliphatic carbocycles. The lowest BCUT2D eigenvalue weighted by Crippen LogP contribution is -2.41. The van der Waals surface area contributed by atoms with E-state index in [1.54, 1.807) is 13.3 Å². The minimum Gasteiger partial charge on any atom is -0.384 e. The molecule has 1 atom stereocenters. The Kier molecular flexibility index (Phi) is 5.99. The molecule has 0 spiro atoms. The maximum absolute atomic E-state index is 12.7. The summed E-state index contributed by atoms with van der Waals surface area (Å²) in [6, 6.07) is 3.67. The van der Waals surface area contributed by atoms with E-state index in [2.05, 4.69) is 17.2 Å². The van der Waals surface area contributed by atoms with Crippen molar-refractivity contribution in [1.82, 2.24) is 9.88 Å². The molecule has 1 aromatic heterocycles. The van der Waals surface area contributed by atoms with Crippen LogP contribution in [0.3, 0.4) is 0 Å². The van der Waals surface area contributed by atoms with E-state index in [0.717, 1.165) is 45.5 Å². The highest BCUT2D eigenvalue weighted by molar-refractivity contribution is 5.98. The normalized spacial score (nSPS) is 18.6. The van der Waals surface area contributed by atoms with Crippen LogP contribution in [0.5, 0.6) is 0 Å². The summed E-state index contributed by atoms with van der Waals surface area (Å²) in [6.07, 6.45) is 4.89. The average molecular weight is 291 g/mol. The number of nitrogens with zero attached hydrogens (tertiary/aromatic N) is 2. The Morgan fingerprint density at radius 1 is 1.57 bits per heavy atom. The number of hydrogen-bond acceptors (Lipinski definition) is 4. The van der Waals surface area contributed by atoms with Crippen LogP contribution in [0, 0.1) is 5.92 Å². The summed E-state index contributed by atoms with van der Waals surface area (Å²) >= 11 is 0. The third kappa shape index (κ3) is 4.17. The number of likely N-dealkylation sites (tertiary alicyclic amines) is 1. The Hall–Kier alpha value is -1.62. The Balaban J connectivity index is 2.08. The maximum atomic E-state index is 12.7. The molecular formula is C16H25N3O2. The van der Waals surface area contributed by atoms with Crippen LogP contribution in [-0.4, -0.2) is 49.1 Å². The molecule has 0 saturated carbocycles. The van der Waals surface area contributed by atoms with Crippen molar-refractivity contribution in [2.75, 3.05) is 38.7 Å². The monoisotopic (exact) mass is 291 g/mol. The summed E-state index contributed by atoms with van der Waals surface area (Å²) in [4.78, 5) is 19.0. The van der Waals surface area contributed by atoms with Crippen molar-refractivity contribution in [1.29, 1.82) is 0 Å². The summed E-state index contributed by atoms with van der Waals surface area (Å²) in [5.74, 6) is 1.21. The van der Waals surface area contributed by atoms with Crippen LogP contribution in [0.4, 0.5) is 5.82 Å². The second kappa shape index (κ2) is 7.98. The SMILES string of the molecule is CCCNc1ncccc1C(=O)N1CCCC(COC)C1. The smallest absolute Gasteiger partial charge is 0.257 e. The van der Waals surface area contributed by atoms with Crippen molar-refractivity contribution in [3.8, 4) is 0 Å². The largest absolute Gasteiger partial charge is 0.384 e. The first kappa shape index (κ1) is 15.8. The third-order valence-corrected chi connectivity index (χ3v) is 3.79. The summed E-state index contributed by atoms with van der Waals surface area (Å²) in [5, 5.41) is 3.24. The number of nitrogens with one attached hydrogen (secondary N) is 1. The van der Waals surface area contributed by atoms with Gasteiger partial charge >= 0.3 is 0 Å². The minimum atomic E-state index is 0.0718. The molecule has 1 N–H and O–H groups in total. The fourth-order valence-electron chi connectivity index (χ4n) is 2.75.